The molecule has 0 saturated heterocycles. The minimum absolute atomic E-state index is 0.0268. The van der Waals surface area contributed by atoms with Gasteiger partial charge in [0.05, 0.1) is 17.6 Å². The molecular formula is C30H44O10. The van der Waals surface area contributed by atoms with Gasteiger partial charge in [-0.2, -0.15) is 0 Å². The number of hydrogen-bond donors (Lipinski definition) is 0. The number of rotatable bonds is 20. The summed E-state index contributed by atoms with van der Waals surface area (Å²) in [5, 5.41) is 0. The van der Waals surface area contributed by atoms with Crippen molar-refractivity contribution >= 4 is 30.2 Å². The number of hydrogen-bond acceptors (Lipinski definition) is 10. The summed E-state index contributed by atoms with van der Waals surface area (Å²) in [7, 11) is 0. The molecule has 0 saturated carbocycles. The summed E-state index contributed by atoms with van der Waals surface area (Å²) in [5.74, 6) is -2.65. The van der Waals surface area contributed by atoms with Crippen molar-refractivity contribution in [3.8, 4) is 0 Å². The molecule has 0 aromatic rings. The molecule has 0 spiro atoms. The SMILES string of the molecule is C=CC(=O)OCC(CCC=O)(COC(=O)C=C)CC(C)(C)OCC(COC(=O)C=C)(COC(=O)C=C)C(C)(C)C. The van der Waals surface area contributed by atoms with Crippen LogP contribution < -0.4 is 0 Å². The van der Waals surface area contributed by atoms with E-state index in [1.807, 2.05) is 20.8 Å². The molecule has 0 aromatic heterocycles. The zero-order chi connectivity index (χ0) is 31.0. The molecule has 0 aliphatic heterocycles. The third-order valence-electron chi connectivity index (χ3n) is 6.61. The van der Waals surface area contributed by atoms with Crippen molar-refractivity contribution in [1.29, 1.82) is 0 Å². The molecule has 224 valence electrons. The lowest BCUT2D eigenvalue weighted by Gasteiger charge is -2.46. The van der Waals surface area contributed by atoms with Crippen molar-refractivity contribution in [2.24, 2.45) is 16.2 Å². The minimum Gasteiger partial charge on any atom is -0.462 e. The number of ether oxygens (including phenoxy) is 5. The van der Waals surface area contributed by atoms with Crippen molar-refractivity contribution in [2.75, 3.05) is 33.0 Å². The van der Waals surface area contributed by atoms with Gasteiger partial charge in [-0.15, -0.1) is 0 Å². The maximum atomic E-state index is 11.9. The Bertz CT molecular complexity index is 891. The molecule has 0 rings (SSSR count). The zero-order valence-corrected chi connectivity index (χ0v) is 24.5. The average Bonchev–Trinajstić information content (AvgIpc) is 2.91. The Hall–Kier alpha value is -3.53. The first-order valence-corrected chi connectivity index (χ1v) is 12.8. The Balaban J connectivity index is 6.32. The lowest BCUT2D eigenvalue weighted by molar-refractivity contribution is -0.179. The molecule has 0 aliphatic carbocycles. The molecule has 0 bridgehead atoms. The van der Waals surface area contributed by atoms with Crippen LogP contribution in [0.25, 0.3) is 0 Å². The van der Waals surface area contributed by atoms with Gasteiger partial charge in [0.2, 0.25) is 0 Å². The lowest BCUT2D eigenvalue weighted by Crippen LogP contribution is -2.51. The molecule has 0 N–H and O–H groups in total. The highest BCUT2D eigenvalue weighted by atomic mass is 16.6. The van der Waals surface area contributed by atoms with Crippen LogP contribution in [0.5, 0.6) is 0 Å². The Morgan fingerprint density at radius 3 is 1.32 bits per heavy atom. The van der Waals surface area contributed by atoms with E-state index in [1.54, 1.807) is 13.8 Å². The van der Waals surface area contributed by atoms with Crippen molar-refractivity contribution in [3.05, 3.63) is 50.6 Å². The van der Waals surface area contributed by atoms with Crippen LogP contribution in [-0.4, -0.2) is 68.8 Å². The fraction of sp³-hybridized carbons (Fsp3) is 0.567. The quantitative estimate of drug-likeness (QED) is 0.0922. The lowest BCUT2D eigenvalue weighted by atomic mass is 9.67. The van der Waals surface area contributed by atoms with Gasteiger partial charge < -0.3 is 28.5 Å². The van der Waals surface area contributed by atoms with Crippen LogP contribution in [0.3, 0.4) is 0 Å². The first kappa shape index (κ1) is 36.5. The first-order valence-electron chi connectivity index (χ1n) is 12.8. The maximum Gasteiger partial charge on any atom is 0.330 e. The Labute approximate surface area is 237 Å². The fourth-order valence-electron chi connectivity index (χ4n) is 3.91. The zero-order valence-electron chi connectivity index (χ0n) is 24.5. The number of aldehydes is 1. The number of esters is 4. The second kappa shape index (κ2) is 16.5. The summed E-state index contributed by atoms with van der Waals surface area (Å²) in [6, 6.07) is 0. The van der Waals surface area contributed by atoms with Crippen molar-refractivity contribution in [2.45, 2.75) is 59.5 Å². The molecule has 0 aliphatic rings. The predicted molar refractivity (Wildman–Crippen MR) is 149 cm³/mol. The van der Waals surface area contributed by atoms with Crippen LogP contribution in [0.15, 0.2) is 50.6 Å². The largest absolute Gasteiger partial charge is 0.462 e. The van der Waals surface area contributed by atoms with Gasteiger partial charge in [0, 0.05) is 36.1 Å². The van der Waals surface area contributed by atoms with E-state index in [0.29, 0.717) is 0 Å². The summed E-state index contributed by atoms with van der Waals surface area (Å²) in [6.07, 6.45) is 5.31. The molecule has 10 nitrogen and oxygen atoms in total. The second-order valence-corrected chi connectivity index (χ2v) is 11.2. The van der Waals surface area contributed by atoms with Crippen LogP contribution >= 0.6 is 0 Å². The van der Waals surface area contributed by atoms with Gasteiger partial charge in [0.25, 0.3) is 0 Å². The highest BCUT2D eigenvalue weighted by Crippen LogP contribution is 2.43. The van der Waals surface area contributed by atoms with E-state index >= 15 is 0 Å². The van der Waals surface area contributed by atoms with Crippen molar-refractivity contribution in [1.82, 2.24) is 0 Å². The normalized spacial score (nSPS) is 11.9. The topological polar surface area (TPSA) is 132 Å². The first-order chi connectivity index (χ1) is 18.5. The monoisotopic (exact) mass is 564 g/mol. The fourth-order valence-corrected chi connectivity index (χ4v) is 3.91. The van der Waals surface area contributed by atoms with Gasteiger partial charge >= 0.3 is 23.9 Å². The molecule has 0 aromatic carbocycles. The molecular weight excluding hydrogens is 520 g/mol. The van der Waals surface area contributed by atoms with Crippen LogP contribution in [0.4, 0.5) is 0 Å². The molecule has 0 atom stereocenters. The predicted octanol–water partition coefficient (Wildman–Crippen LogP) is 4.09. The maximum absolute atomic E-state index is 11.9. The van der Waals surface area contributed by atoms with Crippen LogP contribution in [0, 0.1) is 16.2 Å². The van der Waals surface area contributed by atoms with E-state index in [-0.39, 0.29) is 52.3 Å². The third kappa shape index (κ3) is 12.5. The molecule has 0 unspecified atom stereocenters. The van der Waals surface area contributed by atoms with Gasteiger partial charge in [-0.05, 0) is 32.1 Å². The van der Waals surface area contributed by atoms with E-state index in [2.05, 4.69) is 26.3 Å². The smallest absolute Gasteiger partial charge is 0.330 e. The highest BCUT2D eigenvalue weighted by molar-refractivity contribution is 5.82. The summed E-state index contributed by atoms with van der Waals surface area (Å²) < 4.78 is 27.9. The van der Waals surface area contributed by atoms with Gasteiger partial charge in [0.15, 0.2) is 0 Å². The van der Waals surface area contributed by atoms with Gasteiger partial charge in [-0.1, -0.05) is 47.1 Å². The molecule has 0 amide bonds. The number of carbonyl (C=O) groups is 5. The van der Waals surface area contributed by atoms with Gasteiger partial charge in [0.1, 0.15) is 32.7 Å². The molecule has 10 heteroatoms. The Kier molecular flexibility index (Phi) is 15.1. The standard InChI is InChI=1S/C30H44O10/c1-10-23(32)36-18-29(15-14-16-31,19-37-24(33)11-2)17-28(8,9)40-22-30(27(5,6)7,20-38-25(34)12-3)21-39-26(35)13-4/h10-13,16H,1-4,14-15,17-22H2,5-9H3. The Morgan fingerprint density at radius 1 is 0.625 bits per heavy atom. The van der Waals surface area contributed by atoms with E-state index in [9.17, 15) is 24.0 Å². The third-order valence-corrected chi connectivity index (χ3v) is 6.61. The highest BCUT2D eigenvalue weighted by Gasteiger charge is 2.47. The minimum atomic E-state index is -1.00. The van der Waals surface area contributed by atoms with E-state index < -0.39 is 45.7 Å². The van der Waals surface area contributed by atoms with E-state index in [0.717, 1.165) is 30.6 Å². The summed E-state index contributed by atoms with van der Waals surface area (Å²) in [6.45, 7) is 22.2. The van der Waals surface area contributed by atoms with Gasteiger partial charge in [-0.25, -0.2) is 19.2 Å². The number of carbonyl (C=O) groups excluding carboxylic acids is 5. The molecule has 0 heterocycles. The molecule has 0 radical (unpaired) electrons. The van der Waals surface area contributed by atoms with Crippen LogP contribution in [0.1, 0.15) is 53.9 Å². The van der Waals surface area contributed by atoms with E-state index in [4.69, 9.17) is 23.7 Å². The average molecular weight is 565 g/mol. The summed E-state index contributed by atoms with van der Waals surface area (Å²) >= 11 is 0. The summed E-state index contributed by atoms with van der Waals surface area (Å²) in [5.41, 5.74) is -3.57. The molecule has 0 fully saturated rings. The van der Waals surface area contributed by atoms with Crippen molar-refractivity contribution in [3.63, 3.8) is 0 Å². The second-order valence-electron chi connectivity index (χ2n) is 11.2. The summed E-state index contributed by atoms with van der Waals surface area (Å²) in [4.78, 5) is 59.0. The van der Waals surface area contributed by atoms with Crippen LogP contribution in [-0.2, 0) is 47.7 Å². The van der Waals surface area contributed by atoms with Crippen LogP contribution in [0.2, 0.25) is 0 Å². The van der Waals surface area contributed by atoms with Crippen molar-refractivity contribution < 1.29 is 47.7 Å². The van der Waals surface area contributed by atoms with E-state index in [1.165, 1.54) is 0 Å². The Morgan fingerprint density at radius 2 is 1.00 bits per heavy atom. The molecule has 40 heavy (non-hydrogen) atoms. The van der Waals surface area contributed by atoms with Gasteiger partial charge in [-0.3, -0.25) is 0 Å².